The lowest BCUT2D eigenvalue weighted by atomic mass is 10.3. The molecule has 0 atom stereocenters. The van der Waals surface area contributed by atoms with E-state index in [-0.39, 0.29) is 5.91 Å². The minimum atomic E-state index is -0.0288. The Kier molecular flexibility index (Phi) is 3.76. The Morgan fingerprint density at radius 2 is 2.54 bits per heavy atom. The van der Waals surface area contributed by atoms with Crippen LogP contribution in [0, 0.1) is 0 Å². The highest BCUT2D eigenvalue weighted by Crippen LogP contribution is 1.95. The highest BCUT2D eigenvalue weighted by Gasteiger charge is 2.00. The first kappa shape index (κ1) is 10.1. The molecule has 0 spiro atoms. The second-order valence-corrected chi connectivity index (χ2v) is 3.12. The maximum atomic E-state index is 11.0. The summed E-state index contributed by atoms with van der Waals surface area (Å²) < 4.78 is 1.70. The van der Waals surface area contributed by atoms with Gasteiger partial charge < -0.3 is 5.32 Å². The van der Waals surface area contributed by atoms with Gasteiger partial charge in [-0.15, -0.1) is 11.6 Å². The number of carbonyl (C=O) groups excluding carboxylic acids is 1. The highest BCUT2D eigenvalue weighted by atomic mass is 35.5. The van der Waals surface area contributed by atoms with Crippen LogP contribution in [0.15, 0.2) is 12.4 Å². The molecule has 0 fully saturated rings. The van der Waals surface area contributed by atoms with Crippen molar-refractivity contribution in [3.63, 3.8) is 0 Å². The van der Waals surface area contributed by atoms with Crippen molar-refractivity contribution in [2.45, 2.75) is 13.0 Å². The van der Waals surface area contributed by atoms with Gasteiger partial charge >= 0.3 is 0 Å². The molecule has 0 aliphatic carbocycles. The molecule has 0 aliphatic heterocycles. The molecule has 13 heavy (non-hydrogen) atoms. The minimum Gasteiger partial charge on any atom is -0.352 e. The summed E-state index contributed by atoms with van der Waals surface area (Å²) in [5.74, 6) is 0.331. The number of aromatic nitrogens is 2. The van der Waals surface area contributed by atoms with Crippen LogP contribution in [-0.2, 0) is 18.4 Å². The third-order valence-corrected chi connectivity index (χ3v) is 1.76. The molecule has 1 aromatic heterocycles. The van der Waals surface area contributed by atoms with E-state index in [9.17, 15) is 4.79 Å². The molecule has 1 aromatic rings. The van der Waals surface area contributed by atoms with E-state index in [2.05, 4.69) is 10.4 Å². The first-order valence-corrected chi connectivity index (χ1v) is 4.56. The lowest BCUT2D eigenvalue weighted by Gasteiger charge is -2.00. The molecule has 1 heterocycles. The fourth-order valence-corrected chi connectivity index (χ4v) is 1.11. The number of amides is 1. The molecule has 0 aromatic carbocycles. The van der Waals surface area contributed by atoms with Crippen molar-refractivity contribution in [2.75, 3.05) is 5.88 Å². The fourth-order valence-electron chi connectivity index (χ4n) is 0.938. The van der Waals surface area contributed by atoms with Gasteiger partial charge in [0.1, 0.15) is 0 Å². The van der Waals surface area contributed by atoms with E-state index in [1.54, 1.807) is 10.9 Å². The van der Waals surface area contributed by atoms with Crippen LogP contribution in [0.1, 0.15) is 12.0 Å². The molecule has 0 unspecified atom stereocenters. The lowest BCUT2D eigenvalue weighted by Crippen LogP contribution is -2.22. The van der Waals surface area contributed by atoms with Crippen LogP contribution in [0.4, 0.5) is 0 Å². The number of nitrogens with one attached hydrogen (secondary N) is 1. The average Bonchev–Trinajstić information content (AvgIpc) is 2.49. The van der Waals surface area contributed by atoms with E-state index < -0.39 is 0 Å². The summed E-state index contributed by atoms with van der Waals surface area (Å²) in [4.78, 5) is 11.0. The maximum Gasteiger partial charge on any atom is 0.221 e. The van der Waals surface area contributed by atoms with Crippen LogP contribution in [0.3, 0.4) is 0 Å². The van der Waals surface area contributed by atoms with Crippen molar-refractivity contribution in [2.24, 2.45) is 7.05 Å². The summed E-state index contributed by atoms with van der Waals surface area (Å²) in [6.45, 7) is 0.517. The zero-order valence-electron chi connectivity index (χ0n) is 7.46. The number of alkyl halides is 1. The van der Waals surface area contributed by atoms with E-state index in [1.807, 2.05) is 13.2 Å². The molecular weight excluding hydrogens is 190 g/mol. The zero-order valence-corrected chi connectivity index (χ0v) is 8.21. The number of hydrogen-bond donors (Lipinski definition) is 1. The number of halogens is 1. The van der Waals surface area contributed by atoms with Gasteiger partial charge in [-0.3, -0.25) is 9.48 Å². The summed E-state index contributed by atoms with van der Waals surface area (Å²) in [6.07, 6.45) is 3.95. The first-order chi connectivity index (χ1) is 6.22. The molecule has 0 saturated carbocycles. The minimum absolute atomic E-state index is 0.0288. The monoisotopic (exact) mass is 201 g/mol. The average molecular weight is 202 g/mol. The normalized spacial score (nSPS) is 10.0. The molecule has 0 radical (unpaired) electrons. The van der Waals surface area contributed by atoms with Crippen LogP contribution >= 0.6 is 11.6 Å². The number of rotatable bonds is 4. The molecule has 0 aliphatic rings. The SMILES string of the molecule is Cn1cc(CNC(=O)CCCl)cn1. The Bertz CT molecular complexity index is 285. The van der Waals surface area contributed by atoms with Gasteiger partial charge in [0.15, 0.2) is 0 Å². The smallest absolute Gasteiger partial charge is 0.221 e. The van der Waals surface area contributed by atoms with Crippen molar-refractivity contribution < 1.29 is 4.79 Å². The number of carbonyl (C=O) groups is 1. The lowest BCUT2D eigenvalue weighted by molar-refractivity contribution is -0.120. The van der Waals surface area contributed by atoms with Crippen molar-refractivity contribution in [1.29, 1.82) is 0 Å². The maximum absolute atomic E-state index is 11.0. The molecule has 1 rings (SSSR count). The molecule has 0 bridgehead atoms. The summed E-state index contributed by atoms with van der Waals surface area (Å²) in [5, 5.41) is 6.72. The quantitative estimate of drug-likeness (QED) is 0.728. The van der Waals surface area contributed by atoms with Crippen LogP contribution in [-0.4, -0.2) is 21.6 Å². The Morgan fingerprint density at radius 1 is 1.77 bits per heavy atom. The molecule has 5 heteroatoms. The molecule has 72 valence electrons. The number of aryl methyl sites for hydroxylation is 1. The van der Waals surface area contributed by atoms with Crippen LogP contribution in [0.2, 0.25) is 0 Å². The summed E-state index contributed by atoms with van der Waals surface area (Å²) >= 11 is 5.40. The van der Waals surface area contributed by atoms with Gasteiger partial charge in [0.05, 0.1) is 6.20 Å². The van der Waals surface area contributed by atoms with Gasteiger partial charge in [-0.25, -0.2) is 0 Å². The second kappa shape index (κ2) is 4.87. The van der Waals surface area contributed by atoms with E-state index >= 15 is 0 Å². The van der Waals surface area contributed by atoms with Gasteiger partial charge in [0.2, 0.25) is 5.91 Å². The topological polar surface area (TPSA) is 46.9 Å². The predicted octanol–water partition coefficient (Wildman–Crippen LogP) is 0.665. The second-order valence-electron chi connectivity index (χ2n) is 2.74. The van der Waals surface area contributed by atoms with Crippen LogP contribution in [0.25, 0.3) is 0 Å². The Morgan fingerprint density at radius 3 is 3.08 bits per heavy atom. The molecule has 1 N–H and O–H groups in total. The Hall–Kier alpha value is -1.03. The third-order valence-electron chi connectivity index (χ3n) is 1.57. The van der Waals surface area contributed by atoms with Gasteiger partial charge in [-0.2, -0.15) is 5.10 Å². The predicted molar refractivity (Wildman–Crippen MR) is 50.4 cm³/mol. The van der Waals surface area contributed by atoms with Crippen molar-refractivity contribution in [3.8, 4) is 0 Å². The van der Waals surface area contributed by atoms with E-state index in [0.29, 0.717) is 18.8 Å². The summed E-state index contributed by atoms with van der Waals surface area (Å²) in [6, 6.07) is 0. The Balaban J connectivity index is 2.30. The number of hydrogen-bond acceptors (Lipinski definition) is 2. The molecule has 1 amide bonds. The van der Waals surface area contributed by atoms with Gasteiger partial charge in [-0.05, 0) is 0 Å². The van der Waals surface area contributed by atoms with Crippen molar-refractivity contribution in [3.05, 3.63) is 18.0 Å². The molecule has 0 saturated heterocycles. The van der Waals surface area contributed by atoms with Crippen molar-refractivity contribution >= 4 is 17.5 Å². The van der Waals surface area contributed by atoms with Gasteiger partial charge in [0, 0.05) is 37.7 Å². The highest BCUT2D eigenvalue weighted by molar-refractivity contribution is 6.18. The van der Waals surface area contributed by atoms with E-state index in [0.717, 1.165) is 5.56 Å². The molecule has 4 nitrogen and oxygen atoms in total. The largest absolute Gasteiger partial charge is 0.352 e. The summed E-state index contributed by atoms with van der Waals surface area (Å²) in [5.41, 5.74) is 0.991. The third kappa shape index (κ3) is 3.46. The van der Waals surface area contributed by atoms with Gasteiger partial charge in [-0.1, -0.05) is 0 Å². The van der Waals surface area contributed by atoms with E-state index in [4.69, 9.17) is 11.6 Å². The van der Waals surface area contributed by atoms with Crippen LogP contribution in [0.5, 0.6) is 0 Å². The van der Waals surface area contributed by atoms with Gasteiger partial charge in [0.25, 0.3) is 0 Å². The van der Waals surface area contributed by atoms with Crippen LogP contribution < -0.4 is 5.32 Å². The zero-order chi connectivity index (χ0) is 9.68. The first-order valence-electron chi connectivity index (χ1n) is 4.02. The number of nitrogens with zero attached hydrogens (tertiary/aromatic N) is 2. The Labute approximate surface area is 81.9 Å². The van der Waals surface area contributed by atoms with E-state index in [1.165, 1.54) is 0 Å². The summed E-state index contributed by atoms with van der Waals surface area (Å²) in [7, 11) is 1.84. The molecular formula is C8H12ClN3O. The van der Waals surface area contributed by atoms with Crippen molar-refractivity contribution in [1.82, 2.24) is 15.1 Å². The fraction of sp³-hybridized carbons (Fsp3) is 0.500. The standard InChI is InChI=1S/C8H12ClN3O/c1-12-6-7(5-11-12)4-10-8(13)2-3-9/h5-6H,2-4H2,1H3,(H,10,13).